The van der Waals surface area contributed by atoms with Crippen molar-refractivity contribution in [2.45, 2.75) is 0 Å². The summed E-state index contributed by atoms with van der Waals surface area (Å²) in [5.41, 5.74) is 3.12. The molecule has 0 aliphatic carbocycles. The van der Waals surface area contributed by atoms with Gasteiger partial charge < -0.3 is 0 Å². The summed E-state index contributed by atoms with van der Waals surface area (Å²) in [5.74, 6) is 0. The number of rotatable bonds is 1. The highest BCUT2D eigenvalue weighted by molar-refractivity contribution is 5.80. The predicted molar refractivity (Wildman–Crippen MR) is 59.3 cm³/mol. The highest BCUT2D eigenvalue weighted by Gasteiger charge is 2.00. The molecule has 15 heavy (non-hydrogen) atoms. The van der Waals surface area contributed by atoms with Crippen LogP contribution in [0.3, 0.4) is 0 Å². The van der Waals surface area contributed by atoms with E-state index in [2.05, 4.69) is 33.4 Å². The minimum absolute atomic E-state index is 0.828. The Bertz CT molecular complexity index is 584. The molecule has 0 saturated heterocycles. The van der Waals surface area contributed by atoms with E-state index in [1.54, 1.807) is 6.20 Å². The topological polar surface area (TPSA) is 41.6 Å². The van der Waals surface area contributed by atoms with Crippen LogP contribution in [0.2, 0.25) is 0 Å². The Balaban J connectivity index is 2.19. The number of aromatic nitrogens is 3. The third kappa shape index (κ3) is 1.38. The van der Waals surface area contributed by atoms with Gasteiger partial charge >= 0.3 is 0 Å². The zero-order chi connectivity index (χ0) is 10.1. The van der Waals surface area contributed by atoms with Gasteiger partial charge in [0.25, 0.3) is 0 Å². The van der Waals surface area contributed by atoms with Gasteiger partial charge in [-0.2, -0.15) is 5.10 Å². The molecular formula is C12H9N3. The lowest BCUT2D eigenvalue weighted by Gasteiger charge is -1.99. The van der Waals surface area contributed by atoms with E-state index in [1.165, 1.54) is 5.56 Å². The number of aromatic amines is 1. The normalized spacial score (nSPS) is 10.7. The Morgan fingerprint density at radius 1 is 0.933 bits per heavy atom. The lowest BCUT2D eigenvalue weighted by molar-refractivity contribution is 1.10. The summed E-state index contributed by atoms with van der Waals surface area (Å²) in [5, 5.41) is 7.82. The van der Waals surface area contributed by atoms with Gasteiger partial charge in [-0.05, 0) is 11.6 Å². The van der Waals surface area contributed by atoms with Crippen molar-refractivity contribution in [1.82, 2.24) is 15.2 Å². The second kappa shape index (κ2) is 3.20. The van der Waals surface area contributed by atoms with Gasteiger partial charge in [0.05, 0.1) is 6.20 Å². The Hall–Kier alpha value is -2.16. The molecule has 0 aliphatic heterocycles. The monoisotopic (exact) mass is 195 g/mol. The van der Waals surface area contributed by atoms with Crippen LogP contribution < -0.4 is 0 Å². The molecule has 0 radical (unpaired) electrons. The smallest absolute Gasteiger partial charge is 0.155 e. The number of hydrogen-bond acceptors (Lipinski definition) is 2. The molecule has 0 bridgehead atoms. The highest BCUT2D eigenvalue weighted by Crippen LogP contribution is 2.20. The molecule has 2 aromatic heterocycles. The first-order valence-corrected chi connectivity index (χ1v) is 4.78. The lowest BCUT2D eigenvalue weighted by atomic mass is 10.1. The fraction of sp³-hybridized carbons (Fsp3) is 0. The number of hydrogen-bond donors (Lipinski definition) is 1. The number of pyridine rings is 1. The van der Waals surface area contributed by atoms with Crippen molar-refractivity contribution in [2.75, 3.05) is 0 Å². The third-order valence-electron chi connectivity index (χ3n) is 2.40. The van der Waals surface area contributed by atoms with Crippen molar-refractivity contribution in [3.63, 3.8) is 0 Å². The van der Waals surface area contributed by atoms with Gasteiger partial charge in [-0.3, -0.25) is 5.10 Å². The second-order valence-corrected chi connectivity index (χ2v) is 3.40. The van der Waals surface area contributed by atoms with Crippen LogP contribution in [0.25, 0.3) is 22.2 Å². The molecule has 0 saturated carbocycles. The summed E-state index contributed by atoms with van der Waals surface area (Å²) in [7, 11) is 0. The summed E-state index contributed by atoms with van der Waals surface area (Å²) in [6.45, 7) is 0. The SMILES string of the molecule is c1ccc(-c2cnc3[nH]ncc3c2)cc1. The summed E-state index contributed by atoms with van der Waals surface area (Å²) in [6, 6.07) is 12.3. The first kappa shape index (κ1) is 8.17. The molecule has 0 atom stereocenters. The van der Waals surface area contributed by atoms with E-state index >= 15 is 0 Å². The van der Waals surface area contributed by atoms with Crippen molar-refractivity contribution in [3.8, 4) is 11.1 Å². The highest BCUT2D eigenvalue weighted by atomic mass is 15.1. The van der Waals surface area contributed by atoms with Crippen molar-refractivity contribution in [3.05, 3.63) is 48.8 Å². The molecule has 1 aromatic carbocycles. The fourth-order valence-corrected chi connectivity index (χ4v) is 1.63. The van der Waals surface area contributed by atoms with Crippen LogP contribution in [0.1, 0.15) is 0 Å². The second-order valence-electron chi connectivity index (χ2n) is 3.40. The minimum atomic E-state index is 0.828. The van der Waals surface area contributed by atoms with E-state index in [0.717, 1.165) is 16.6 Å². The van der Waals surface area contributed by atoms with Gasteiger partial charge in [-0.25, -0.2) is 4.98 Å². The molecule has 3 aromatic rings. The lowest BCUT2D eigenvalue weighted by Crippen LogP contribution is -1.80. The van der Waals surface area contributed by atoms with Crippen molar-refractivity contribution in [1.29, 1.82) is 0 Å². The Kier molecular flexibility index (Phi) is 1.75. The van der Waals surface area contributed by atoms with E-state index in [1.807, 2.05) is 24.4 Å². The average molecular weight is 195 g/mol. The Labute approximate surface area is 86.8 Å². The van der Waals surface area contributed by atoms with Gasteiger partial charge in [0.15, 0.2) is 5.65 Å². The summed E-state index contributed by atoms with van der Waals surface area (Å²) < 4.78 is 0. The molecule has 72 valence electrons. The summed E-state index contributed by atoms with van der Waals surface area (Å²) >= 11 is 0. The number of nitrogens with one attached hydrogen (secondary N) is 1. The van der Waals surface area contributed by atoms with Crippen LogP contribution >= 0.6 is 0 Å². The van der Waals surface area contributed by atoms with Crippen LogP contribution in [-0.2, 0) is 0 Å². The van der Waals surface area contributed by atoms with Gasteiger partial charge in [0.2, 0.25) is 0 Å². The van der Waals surface area contributed by atoms with E-state index in [9.17, 15) is 0 Å². The van der Waals surface area contributed by atoms with E-state index in [0.29, 0.717) is 0 Å². The van der Waals surface area contributed by atoms with Crippen LogP contribution in [-0.4, -0.2) is 15.2 Å². The molecule has 3 nitrogen and oxygen atoms in total. The molecule has 0 aliphatic rings. The minimum Gasteiger partial charge on any atom is -0.261 e. The molecule has 2 heterocycles. The molecule has 1 N–H and O–H groups in total. The average Bonchev–Trinajstić information content (AvgIpc) is 2.77. The zero-order valence-corrected chi connectivity index (χ0v) is 8.01. The van der Waals surface area contributed by atoms with Crippen molar-refractivity contribution < 1.29 is 0 Å². The van der Waals surface area contributed by atoms with Crippen molar-refractivity contribution >= 4 is 11.0 Å². The van der Waals surface area contributed by atoms with Gasteiger partial charge in [-0.15, -0.1) is 0 Å². The van der Waals surface area contributed by atoms with Crippen LogP contribution in [0.5, 0.6) is 0 Å². The standard InChI is InChI=1S/C12H9N3/c1-2-4-9(5-3-1)10-6-11-8-14-15-12(11)13-7-10/h1-8H,(H,13,14,15). The molecule has 0 fully saturated rings. The number of nitrogens with zero attached hydrogens (tertiary/aromatic N) is 2. The number of benzene rings is 1. The molecular weight excluding hydrogens is 186 g/mol. The quantitative estimate of drug-likeness (QED) is 0.648. The van der Waals surface area contributed by atoms with Crippen molar-refractivity contribution in [2.24, 2.45) is 0 Å². The first-order valence-electron chi connectivity index (χ1n) is 4.78. The molecule has 0 spiro atoms. The van der Waals surface area contributed by atoms with E-state index in [-0.39, 0.29) is 0 Å². The van der Waals surface area contributed by atoms with Gasteiger partial charge in [0, 0.05) is 17.1 Å². The number of fused-ring (bicyclic) bond motifs is 1. The fourth-order valence-electron chi connectivity index (χ4n) is 1.63. The maximum Gasteiger partial charge on any atom is 0.155 e. The van der Waals surface area contributed by atoms with E-state index in [4.69, 9.17) is 0 Å². The molecule has 0 amide bonds. The zero-order valence-electron chi connectivity index (χ0n) is 8.01. The Morgan fingerprint density at radius 2 is 1.80 bits per heavy atom. The maximum absolute atomic E-state index is 4.30. The molecule has 3 heteroatoms. The molecule has 3 rings (SSSR count). The maximum atomic E-state index is 4.30. The van der Waals surface area contributed by atoms with Gasteiger partial charge in [0.1, 0.15) is 0 Å². The number of H-pyrrole nitrogens is 1. The summed E-state index contributed by atoms with van der Waals surface area (Å²) in [6.07, 6.45) is 3.64. The van der Waals surface area contributed by atoms with E-state index < -0.39 is 0 Å². The summed E-state index contributed by atoms with van der Waals surface area (Å²) in [4.78, 5) is 4.30. The third-order valence-corrected chi connectivity index (χ3v) is 2.40. The van der Waals surface area contributed by atoms with Crippen LogP contribution in [0.4, 0.5) is 0 Å². The Morgan fingerprint density at radius 3 is 2.67 bits per heavy atom. The van der Waals surface area contributed by atoms with Crippen LogP contribution in [0, 0.1) is 0 Å². The largest absolute Gasteiger partial charge is 0.261 e. The van der Waals surface area contributed by atoms with Gasteiger partial charge in [-0.1, -0.05) is 30.3 Å². The first-order chi connectivity index (χ1) is 7.43. The van der Waals surface area contributed by atoms with Crippen LogP contribution in [0.15, 0.2) is 48.8 Å². The molecule has 0 unspecified atom stereocenters. The predicted octanol–water partition coefficient (Wildman–Crippen LogP) is 2.62.